The van der Waals surface area contributed by atoms with E-state index in [9.17, 15) is 10.1 Å². The molecule has 0 bridgehead atoms. The third-order valence-electron chi connectivity index (χ3n) is 3.56. The Bertz CT molecular complexity index is 980. The smallest absolute Gasteiger partial charge is 0.338 e. The highest BCUT2D eigenvalue weighted by molar-refractivity contribution is 9.10. The molecule has 7 heteroatoms. The number of rotatable bonds is 5. The van der Waals surface area contributed by atoms with E-state index >= 15 is 0 Å². The van der Waals surface area contributed by atoms with Gasteiger partial charge in [-0.2, -0.15) is 5.26 Å². The SMILES string of the molecule is N#Cc1cc(-c2ncc(C(=O)O)cn2)ccc1OCc1ccc(Br)cc1. The first-order valence-corrected chi connectivity index (χ1v) is 8.33. The molecule has 0 radical (unpaired) electrons. The quantitative estimate of drug-likeness (QED) is 0.682. The predicted octanol–water partition coefficient (Wildman–Crippen LogP) is 4.05. The van der Waals surface area contributed by atoms with Gasteiger partial charge >= 0.3 is 5.97 Å². The molecule has 1 heterocycles. The summed E-state index contributed by atoms with van der Waals surface area (Å²) in [4.78, 5) is 18.9. The van der Waals surface area contributed by atoms with Crippen molar-refractivity contribution >= 4 is 21.9 Å². The Morgan fingerprint density at radius 1 is 1.15 bits per heavy atom. The molecule has 26 heavy (non-hydrogen) atoms. The lowest BCUT2D eigenvalue weighted by Crippen LogP contribution is -2.00. The van der Waals surface area contributed by atoms with E-state index in [1.807, 2.05) is 24.3 Å². The van der Waals surface area contributed by atoms with E-state index in [0.29, 0.717) is 29.3 Å². The van der Waals surface area contributed by atoms with Crippen LogP contribution in [0, 0.1) is 11.3 Å². The van der Waals surface area contributed by atoms with Gasteiger partial charge in [0.1, 0.15) is 18.4 Å². The van der Waals surface area contributed by atoms with Crippen molar-refractivity contribution in [2.45, 2.75) is 6.61 Å². The topological polar surface area (TPSA) is 96.1 Å². The summed E-state index contributed by atoms with van der Waals surface area (Å²) in [6, 6.07) is 14.8. The van der Waals surface area contributed by atoms with Crippen LogP contribution in [0.3, 0.4) is 0 Å². The minimum Gasteiger partial charge on any atom is -0.488 e. The van der Waals surface area contributed by atoms with Crippen molar-refractivity contribution in [1.29, 1.82) is 5.26 Å². The van der Waals surface area contributed by atoms with Crippen LogP contribution in [0.5, 0.6) is 5.75 Å². The largest absolute Gasteiger partial charge is 0.488 e. The second-order valence-corrected chi connectivity index (χ2v) is 6.25. The van der Waals surface area contributed by atoms with Gasteiger partial charge in [-0.3, -0.25) is 0 Å². The van der Waals surface area contributed by atoms with Crippen molar-refractivity contribution < 1.29 is 14.6 Å². The van der Waals surface area contributed by atoms with Crippen molar-refractivity contribution in [3.05, 3.63) is 76.0 Å². The number of hydrogen-bond acceptors (Lipinski definition) is 5. The van der Waals surface area contributed by atoms with Crippen LogP contribution in [-0.4, -0.2) is 21.0 Å². The van der Waals surface area contributed by atoms with Gasteiger partial charge in [-0.05, 0) is 35.9 Å². The molecule has 0 saturated heterocycles. The van der Waals surface area contributed by atoms with E-state index in [2.05, 4.69) is 32.0 Å². The first-order chi connectivity index (χ1) is 12.6. The standard InChI is InChI=1S/C19H12BrN3O3/c20-16-4-1-12(2-5-16)11-26-17-6-3-13(7-14(17)8-21)18-22-9-15(10-23-18)19(24)25/h1-7,9-10H,11H2,(H,24,25). The monoisotopic (exact) mass is 409 g/mol. The van der Waals surface area contributed by atoms with Crippen molar-refractivity contribution in [2.75, 3.05) is 0 Å². The molecule has 0 spiro atoms. The summed E-state index contributed by atoms with van der Waals surface area (Å²) in [6.45, 7) is 0.338. The highest BCUT2D eigenvalue weighted by atomic mass is 79.9. The zero-order valence-electron chi connectivity index (χ0n) is 13.4. The minimum absolute atomic E-state index is 0.00343. The highest BCUT2D eigenvalue weighted by Crippen LogP contribution is 2.25. The van der Waals surface area contributed by atoms with Gasteiger partial charge in [0.2, 0.25) is 0 Å². The first-order valence-electron chi connectivity index (χ1n) is 7.54. The number of aromatic carboxylic acids is 1. The number of halogens is 1. The van der Waals surface area contributed by atoms with Gasteiger partial charge in [-0.1, -0.05) is 28.1 Å². The van der Waals surface area contributed by atoms with Crippen molar-refractivity contribution in [3.63, 3.8) is 0 Å². The molecule has 3 rings (SSSR count). The fourth-order valence-electron chi connectivity index (χ4n) is 2.21. The normalized spacial score (nSPS) is 10.2. The highest BCUT2D eigenvalue weighted by Gasteiger charge is 2.10. The van der Waals surface area contributed by atoms with Gasteiger partial charge in [0, 0.05) is 22.4 Å². The number of benzene rings is 2. The summed E-state index contributed by atoms with van der Waals surface area (Å²) < 4.78 is 6.72. The average molecular weight is 410 g/mol. The molecule has 1 aromatic heterocycles. The van der Waals surface area contributed by atoms with Crippen LogP contribution in [0.1, 0.15) is 21.5 Å². The zero-order chi connectivity index (χ0) is 18.5. The molecule has 0 aliphatic rings. The predicted molar refractivity (Wildman–Crippen MR) is 97.6 cm³/mol. The second-order valence-electron chi connectivity index (χ2n) is 5.34. The lowest BCUT2D eigenvalue weighted by molar-refractivity contribution is 0.0696. The van der Waals surface area contributed by atoms with Gasteiger partial charge in [0.05, 0.1) is 11.1 Å². The van der Waals surface area contributed by atoms with E-state index < -0.39 is 5.97 Å². The summed E-state index contributed by atoms with van der Waals surface area (Å²) in [6.07, 6.45) is 2.46. The number of ether oxygens (including phenoxy) is 1. The van der Waals surface area contributed by atoms with Crippen LogP contribution in [0.25, 0.3) is 11.4 Å². The lowest BCUT2D eigenvalue weighted by Gasteiger charge is -2.09. The van der Waals surface area contributed by atoms with Crippen LogP contribution in [0.2, 0.25) is 0 Å². The summed E-state index contributed by atoms with van der Waals surface area (Å²) in [7, 11) is 0. The van der Waals surface area contributed by atoms with E-state index in [0.717, 1.165) is 10.0 Å². The Balaban J connectivity index is 1.80. The molecule has 0 aliphatic carbocycles. The molecule has 0 amide bonds. The van der Waals surface area contributed by atoms with Crippen molar-refractivity contribution in [3.8, 4) is 23.2 Å². The second kappa shape index (κ2) is 7.76. The summed E-state index contributed by atoms with van der Waals surface area (Å²) >= 11 is 3.38. The molecule has 0 fully saturated rings. The number of nitrogens with zero attached hydrogens (tertiary/aromatic N) is 3. The summed E-state index contributed by atoms with van der Waals surface area (Å²) in [5.74, 6) is -0.293. The van der Waals surface area contributed by atoms with Crippen molar-refractivity contribution in [1.82, 2.24) is 9.97 Å². The fraction of sp³-hybridized carbons (Fsp3) is 0.0526. The van der Waals surface area contributed by atoms with Gasteiger partial charge in [0.15, 0.2) is 5.82 Å². The van der Waals surface area contributed by atoms with Crippen LogP contribution in [0.4, 0.5) is 0 Å². The Morgan fingerprint density at radius 2 is 1.85 bits per heavy atom. The molecule has 3 aromatic rings. The Morgan fingerprint density at radius 3 is 2.46 bits per heavy atom. The molecule has 0 aliphatic heterocycles. The first kappa shape index (κ1) is 17.6. The van der Waals surface area contributed by atoms with E-state index in [4.69, 9.17) is 9.84 Å². The van der Waals surface area contributed by atoms with Crippen LogP contribution >= 0.6 is 15.9 Å². The van der Waals surface area contributed by atoms with Crippen LogP contribution < -0.4 is 4.74 Å². The van der Waals surface area contributed by atoms with Crippen molar-refractivity contribution in [2.24, 2.45) is 0 Å². The maximum Gasteiger partial charge on any atom is 0.338 e. The maximum atomic E-state index is 10.9. The van der Waals surface area contributed by atoms with Crippen LogP contribution in [0.15, 0.2) is 59.3 Å². The summed E-state index contributed by atoms with van der Waals surface area (Å²) in [5, 5.41) is 18.3. The number of aromatic nitrogens is 2. The molecular weight excluding hydrogens is 398 g/mol. The number of hydrogen-bond donors (Lipinski definition) is 1. The third kappa shape index (κ3) is 4.05. The lowest BCUT2D eigenvalue weighted by atomic mass is 10.1. The number of carboxylic acids is 1. The molecule has 2 aromatic carbocycles. The third-order valence-corrected chi connectivity index (χ3v) is 4.09. The Kier molecular flexibility index (Phi) is 5.25. The maximum absolute atomic E-state index is 10.9. The van der Waals surface area contributed by atoms with E-state index in [1.54, 1.807) is 18.2 Å². The minimum atomic E-state index is -1.09. The molecular formula is C19H12BrN3O3. The summed E-state index contributed by atoms with van der Waals surface area (Å²) in [5.41, 5.74) is 1.94. The molecule has 6 nitrogen and oxygen atoms in total. The van der Waals surface area contributed by atoms with Crippen LogP contribution in [-0.2, 0) is 6.61 Å². The Labute approximate surface area is 157 Å². The molecule has 0 saturated carbocycles. The van der Waals surface area contributed by atoms with Gasteiger partial charge < -0.3 is 9.84 Å². The Hall–Kier alpha value is -3.24. The average Bonchev–Trinajstić information content (AvgIpc) is 2.67. The molecule has 0 atom stereocenters. The fourth-order valence-corrected chi connectivity index (χ4v) is 2.48. The van der Waals surface area contributed by atoms with E-state index in [-0.39, 0.29) is 5.56 Å². The van der Waals surface area contributed by atoms with E-state index in [1.165, 1.54) is 12.4 Å². The molecule has 128 valence electrons. The number of carbonyl (C=O) groups is 1. The zero-order valence-corrected chi connectivity index (χ0v) is 15.0. The number of carboxylic acid groups (broad SMARTS) is 1. The number of nitriles is 1. The molecule has 1 N–H and O–H groups in total. The van der Waals surface area contributed by atoms with Gasteiger partial charge in [0.25, 0.3) is 0 Å². The van der Waals surface area contributed by atoms with Gasteiger partial charge in [-0.15, -0.1) is 0 Å². The molecule has 0 unspecified atom stereocenters. The van der Waals surface area contributed by atoms with Gasteiger partial charge in [-0.25, -0.2) is 14.8 Å².